The molecule has 0 radical (unpaired) electrons. The molecule has 0 spiro atoms. The Hall–Kier alpha value is -3.83. The van der Waals surface area contributed by atoms with Gasteiger partial charge in [-0.05, 0) is 20.8 Å². The van der Waals surface area contributed by atoms with Gasteiger partial charge in [0, 0.05) is 17.3 Å². The number of anilines is 1. The fourth-order valence-corrected chi connectivity index (χ4v) is 3.21. The number of pyridine rings is 1. The third-order valence-corrected chi connectivity index (χ3v) is 4.85. The Kier molecular flexibility index (Phi) is 7.99. The fraction of sp³-hybridized carbons (Fsp3) is 0.450. The maximum absolute atomic E-state index is 12.7. The summed E-state index contributed by atoms with van der Waals surface area (Å²) in [6, 6.07) is -1.27. The lowest BCUT2D eigenvalue weighted by Crippen LogP contribution is -2.44. The van der Waals surface area contributed by atoms with Gasteiger partial charge in [0.2, 0.25) is 5.82 Å². The molecule has 32 heavy (non-hydrogen) atoms. The molecule has 2 heterocycles. The molecule has 0 unspecified atom stereocenters. The van der Waals surface area contributed by atoms with Gasteiger partial charge in [0.1, 0.15) is 23.8 Å². The molecule has 0 N–H and O–H groups in total. The minimum Gasteiger partial charge on any atom is -0.496 e. The van der Waals surface area contributed by atoms with Gasteiger partial charge in [-0.15, -0.1) is 0 Å². The van der Waals surface area contributed by atoms with Gasteiger partial charge in [-0.3, -0.25) is 19.9 Å². The van der Waals surface area contributed by atoms with Crippen LogP contribution in [0.3, 0.4) is 0 Å². The van der Waals surface area contributed by atoms with E-state index in [1.54, 1.807) is 20.0 Å². The summed E-state index contributed by atoms with van der Waals surface area (Å²) in [4.78, 5) is 49.6. The third kappa shape index (κ3) is 5.25. The quantitative estimate of drug-likeness (QED) is 0.315. The Bertz CT molecular complexity index is 1030. The van der Waals surface area contributed by atoms with E-state index < -0.39 is 35.0 Å². The fourth-order valence-electron chi connectivity index (χ4n) is 3.21. The van der Waals surface area contributed by atoms with E-state index in [1.165, 1.54) is 19.1 Å². The number of nitro groups is 1. The van der Waals surface area contributed by atoms with Crippen LogP contribution in [0.15, 0.2) is 12.4 Å². The Morgan fingerprint density at radius 3 is 2.38 bits per heavy atom. The van der Waals surface area contributed by atoms with Crippen LogP contribution in [0.1, 0.15) is 29.1 Å². The van der Waals surface area contributed by atoms with Crippen LogP contribution < -0.4 is 9.64 Å². The van der Waals surface area contributed by atoms with E-state index in [-0.39, 0.29) is 18.2 Å². The molecule has 2 rings (SSSR count). The van der Waals surface area contributed by atoms with E-state index in [0.717, 1.165) is 18.9 Å². The standard InChI is InChI=1S/C20H25N5O7/c1-11-8-22-14(12(2)18(11)31-5)10-24(15(20(27)32-6)7-17(26)30-4)19-16(25(28)29)9-21-13(3)23-19/h8-9,15H,7,10H2,1-6H3/t15-/m1/s1. The van der Waals surface area contributed by atoms with Gasteiger partial charge >= 0.3 is 17.6 Å². The number of methoxy groups -OCH3 is 3. The second-order valence-corrected chi connectivity index (χ2v) is 6.88. The number of nitrogens with zero attached hydrogens (tertiary/aromatic N) is 5. The first-order chi connectivity index (χ1) is 15.1. The molecule has 0 saturated heterocycles. The van der Waals surface area contributed by atoms with Gasteiger partial charge < -0.3 is 19.1 Å². The van der Waals surface area contributed by atoms with Crippen LogP contribution in [0.25, 0.3) is 0 Å². The van der Waals surface area contributed by atoms with Gasteiger partial charge in [0.15, 0.2) is 0 Å². The maximum atomic E-state index is 12.7. The second-order valence-electron chi connectivity index (χ2n) is 6.88. The molecule has 1 atom stereocenters. The van der Waals surface area contributed by atoms with E-state index in [0.29, 0.717) is 17.0 Å². The highest BCUT2D eigenvalue weighted by Crippen LogP contribution is 2.32. The van der Waals surface area contributed by atoms with Crippen LogP contribution in [0.4, 0.5) is 11.5 Å². The molecule has 12 heteroatoms. The lowest BCUT2D eigenvalue weighted by Gasteiger charge is -2.30. The monoisotopic (exact) mass is 447 g/mol. The molecule has 0 amide bonds. The van der Waals surface area contributed by atoms with E-state index in [9.17, 15) is 19.7 Å². The molecule has 0 aliphatic heterocycles. The Balaban J connectivity index is 2.72. The SMILES string of the molecule is COC(=O)C[C@H](C(=O)OC)N(Cc1ncc(C)c(OC)c1C)c1nc(C)ncc1[N+](=O)[O-]. The first kappa shape index (κ1) is 24.4. The summed E-state index contributed by atoms with van der Waals surface area (Å²) in [6.07, 6.45) is 2.21. The highest BCUT2D eigenvalue weighted by molar-refractivity contribution is 5.86. The molecular formula is C20H25N5O7. The molecule has 2 aromatic rings. The Morgan fingerprint density at radius 1 is 1.12 bits per heavy atom. The molecule has 0 saturated carbocycles. The average molecular weight is 447 g/mol. The normalized spacial score (nSPS) is 11.4. The molecule has 172 valence electrons. The average Bonchev–Trinajstić information content (AvgIpc) is 2.76. The molecule has 12 nitrogen and oxygen atoms in total. The lowest BCUT2D eigenvalue weighted by molar-refractivity contribution is -0.384. The van der Waals surface area contributed by atoms with E-state index in [4.69, 9.17) is 14.2 Å². The van der Waals surface area contributed by atoms with Crippen LogP contribution in [0.2, 0.25) is 0 Å². The minimum absolute atomic E-state index is 0.101. The van der Waals surface area contributed by atoms with Crippen molar-refractivity contribution in [3.05, 3.63) is 45.2 Å². The first-order valence-electron chi connectivity index (χ1n) is 9.52. The molecule has 0 aliphatic carbocycles. The minimum atomic E-state index is -1.27. The van der Waals surface area contributed by atoms with E-state index >= 15 is 0 Å². The van der Waals surface area contributed by atoms with Crippen molar-refractivity contribution in [2.24, 2.45) is 0 Å². The van der Waals surface area contributed by atoms with Crippen molar-refractivity contribution < 1.29 is 28.7 Å². The van der Waals surface area contributed by atoms with Crippen molar-refractivity contribution >= 4 is 23.4 Å². The van der Waals surface area contributed by atoms with E-state index in [2.05, 4.69) is 15.0 Å². The number of aryl methyl sites for hydroxylation is 2. The number of ether oxygens (including phenoxy) is 3. The third-order valence-electron chi connectivity index (χ3n) is 4.85. The topological polar surface area (TPSA) is 147 Å². The molecule has 0 bridgehead atoms. The van der Waals surface area contributed by atoms with Gasteiger partial charge in [-0.2, -0.15) is 0 Å². The largest absolute Gasteiger partial charge is 0.496 e. The zero-order chi connectivity index (χ0) is 24.0. The molecule has 0 aliphatic rings. The molecular weight excluding hydrogens is 422 g/mol. The Labute approximate surface area is 184 Å². The summed E-state index contributed by atoms with van der Waals surface area (Å²) in [7, 11) is 3.85. The van der Waals surface area contributed by atoms with Crippen LogP contribution in [-0.4, -0.2) is 59.2 Å². The first-order valence-corrected chi connectivity index (χ1v) is 9.52. The highest BCUT2D eigenvalue weighted by atomic mass is 16.6. The second kappa shape index (κ2) is 10.5. The van der Waals surface area contributed by atoms with Crippen molar-refractivity contribution in [1.29, 1.82) is 0 Å². The summed E-state index contributed by atoms with van der Waals surface area (Å²) in [5, 5.41) is 11.7. The van der Waals surface area contributed by atoms with Crippen LogP contribution in [0.5, 0.6) is 5.75 Å². The number of carbonyl (C=O) groups is 2. The van der Waals surface area contributed by atoms with Crippen molar-refractivity contribution in [1.82, 2.24) is 15.0 Å². The van der Waals surface area contributed by atoms with Crippen molar-refractivity contribution in [3.63, 3.8) is 0 Å². The van der Waals surface area contributed by atoms with E-state index in [1.807, 2.05) is 6.92 Å². The Morgan fingerprint density at radius 2 is 1.81 bits per heavy atom. The maximum Gasteiger partial charge on any atom is 0.329 e. The zero-order valence-electron chi connectivity index (χ0n) is 18.7. The summed E-state index contributed by atoms with van der Waals surface area (Å²) in [6.45, 7) is 5.06. The van der Waals surface area contributed by atoms with Crippen LogP contribution >= 0.6 is 0 Å². The highest BCUT2D eigenvalue weighted by Gasteiger charge is 2.36. The summed E-state index contributed by atoms with van der Waals surface area (Å²) in [5.41, 5.74) is 1.50. The van der Waals surface area contributed by atoms with Crippen molar-refractivity contribution in [2.75, 3.05) is 26.2 Å². The van der Waals surface area contributed by atoms with Gasteiger partial charge in [0.05, 0.1) is 44.9 Å². The predicted molar refractivity (Wildman–Crippen MR) is 112 cm³/mol. The molecule has 2 aromatic heterocycles. The number of rotatable bonds is 9. The predicted octanol–water partition coefficient (Wildman–Crippen LogP) is 1.82. The molecule has 0 aromatic carbocycles. The summed E-state index contributed by atoms with van der Waals surface area (Å²) >= 11 is 0. The smallest absolute Gasteiger partial charge is 0.329 e. The van der Waals surface area contributed by atoms with Gasteiger partial charge in [-0.1, -0.05) is 0 Å². The summed E-state index contributed by atoms with van der Waals surface area (Å²) in [5.74, 6) is -0.820. The number of hydrogen-bond donors (Lipinski definition) is 0. The summed E-state index contributed by atoms with van der Waals surface area (Å²) < 4.78 is 15.0. The number of aromatic nitrogens is 3. The number of hydrogen-bond acceptors (Lipinski definition) is 11. The van der Waals surface area contributed by atoms with Gasteiger partial charge in [-0.25, -0.2) is 14.8 Å². The molecule has 0 fully saturated rings. The van der Waals surface area contributed by atoms with Crippen molar-refractivity contribution in [3.8, 4) is 5.75 Å². The van der Waals surface area contributed by atoms with Crippen LogP contribution in [0, 0.1) is 30.9 Å². The van der Waals surface area contributed by atoms with Gasteiger partial charge in [0.25, 0.3) is 0 Å². The number of esters is 2. The van der Waals surface area contributed by atoms with Crippen molar-refractivity contribution in [2.45, 2.75) is 39.8 Å². The van der Waals surface area contributed by atoms with Crippen LogP contribution in [-0.2, 0) is 25.6 Å². The zero-order valence-corrected chi connectivity index (χ0v) is 18.7. The lowest BCUT2D eigenvalue weighted by atomic mass is 10.1. The number of carbonyl (C=O) groups excluding carboxylic acids is 2.